The maximum Gasteiger partial charge on any atom is 0.220 e. The van der Waals surface area contributed by atoms with Crippen molar-refractivity contribution in [3.05, 3.63) is 36.5 Å². The van der Waals surface area contributed by atoms with Crippen LogP contribution in [0.25, 0.3) is 0 Å². The highest BCUT2D eigenvalue weighted by Crippen LogP contribution is 2.33. The quantitative estimate of drug-likeness (QED) is 0.0201. The summed E-state index contributed by atoms with van der Waals surface area (Å²) in [6.07, 6.45) is 29.9. The Labute approximate surface area is 517 Å². The van der Waals surface area contributed by atoms with Crippen molar-refractivity contribution < 1.29 is 89.4 Å². The lowest BCUT2D eigenvalue weighted by Crippen LogP contribution is -2.66. The molecule has 12 N–H and O–H groups in total. The van der Waals surface area contributed by atoms with E-state index in [1.165, 1.54) is 180 Å². The maximum absolute atomic E-state index is 13.4. The fourth-order valence-electron chi connectivity index (χ4n) is 11.6. The van der Waals surface area contributed by atoms with E-state index in [0.717, 1.165) is 38.5 Å². The number of carbonyl (C=O) groups excluding carboxylic acids is 1. The number of nitrogens with one attached hydrogen (secondary N) is 1. The van der Waals surface area contributed by atoms with Gasteiger partial charge in [-0.3, -0.25) is 4.79 Å². The first-order valence-corrected chi connectivity index (χ1v) is 34.2. The monoisotopic (exact) mass is 1230 g/mol. The van der Waals surface area contributed by atoms with Gasteiger partial charge < -0.3 is 89.9 Å². The second kappa shape index (κ2) is 49.7. The summed E-state index contributed by atoms with van der Waals surface area (Å²) in [5, 5.41) is 120. The van der Waals surface area contributed by atoms with Gasteiger partial charge in [0.2, 0.25) is 5.91 Å². The van der Waals surface area contributed by atoms with E-state index >= 15 is 0 Å². The third kappa shape index (κ3) is 31.8. The molecule has 86 heavy (non-hydrogen) atoms. The summed E-state index contributed by atoms with van der Waals surface area (Å²) >= 11 is 0. The molecule has 0 aromatic carbocycles. The summed E-state index contributed by atoms with van der Waals surface area (Å²) in [7, 11) is 0. The number of ether oxygens (including phenoxy) is 6. The van der Waals surface area contributed by atoms with Gasteiger partial charge in [-0.1, -0.05) is 224 Å². The molecule has 3 saturated heterocycles. The van der Waals surface area contributed by atoms with E-state index in [2.05, 4.69) is 43.5 Å². The molecular weight excluding hydrogens is 1110 g/mol. The number of hydrogen-bond donors (Lipinski definition) is 12. The lowest BCUT2D eigenvalue weighted by molar-refractivity contribution is -0.379. The Kier molecular flexibility index (Phi) is 45.2. The highest BCUT2D eigenvalue weighted by Gasteiger charge is 2.53. The predicted octanol–water partition coefficient (Wildman–Crippen LogP) is 8.44. The first-order chi connectivity index (χ1) is 41.8. The number of hydrogen-bond acceptors (Lipinski definition) is 18. The molecule has 17 unspecified atom stereocenters. The van der Waals surface area contributed by atoms with Crippen molar-refractivity contribution in [2.24, 2.45) is 0 Å². The van der Waals surface area contributed by atoms with Crippen LogP contribution in [0.5, 0.6) is 0 Å². The molecule has 3 rings (SSSR count). The number of allylic oxidation sites excluding steroid dienone is 5. The van der Waals surface area contributed by atoms with Crippen molar-refractivity contribution in [2.45, 2.75) is 356 Å². The van der Waals surface area contributed by atoms with Gasteiger partial charge in [-0.05, 0) is 57.8 Å². The Balaban J connectivity index is 1.41. The van der Waals surface area contributed by atoms with Crippen LogP contribution < -0.4 is 5.32 Å². The molecule has 3 aliphatic rings. The zero-order valence-electron chi connectivity index (χ0n) is 53.0. The van der Waals surface area contributed by atoms with E-state index in [9.17, 15) is 61.0 Å². The van der Waals surface area contributed by atoms with Crippen LogP contribution in [0, 0.1) is 0 Å². The van der Waals surface area contributed by atoms with Crippen LogP contribution in [0.4, 0.5) is 0 Å². The minimum Gasteiger partial charge on any atom is -0.394 e. The summed E-state index contributed by atoms with van der Waals surface area (Å²) < 4.78 is 34.3. The SMILES string of the molecule is CCCCCCCCCC/C=C\CCCCCCCCCCCCCCCCCC(=O)NC(COC1OC(CO)C(OC2OC(CO)C(OC3OC(CO)C(O)C(O)C3O)C(O)C2O)C(O)C1O)C(O)/C=C/CC/C=C/CCCCCCCCCC. The number of unbranched alkanes of at least 4 members (excludes halogenated alkanes) is 32. The van der Waals surface area contributed by atoms with Crippen LogP contribution in [0.2, 0.25) is 0 Å². The summed E-state index contributed by atoms with van der Waals surface area (Å²) in [6, 6.07) is -0.988. The van der Waals surface area contributed by atoms with Crippen molar-refractivity contribution in [3.63, 3.8) is 0 Å². The summed E-state index contributed by atoms with van der Waals surface area (Å²) in [6.45, 7) is 1.71. The van der Waals surface area contributed by atoms with Gasteiger partial charge >= 0.3 is 0 Å². The summed E-state index contributed by atoms with van der Waals surface area (Å²) in [4.78, 5) is 13.4. The van der Waals surface area contributed by atoms with Gasteiger partial charge in [-0.15, -0.1) is 0 Å². The average molecular weight is 1230 g/mol. The third-order valence-corrected chi connectivity index (χ3v) is 17.2. The molecule has 3 heterocycles. The molecule has 1 amide bonds. The molecule has 0 aromatic heterocycles. The summed E-state index contributed by atoms with van der Waals surface area (Å²) in [5.41, 5.74) is 0. The minimum atomic E-state index is -1.98. The maximum atomic E-state index is 13.4. The Hall–Kier alpha value is -1.99. The molecule has 0 aromatic rings. The van der Waals surface area contributed by atoms with Crippen molar-refractivity contribution in [3.8, 4) is 0 Å². The third-order valence-electron chi connectivity index (χ3n) is 17.2. The number of aliphatic hydroxyl groups is 11. The summed E-state index contributed by atoms with van der Waals surface area (Å²) in [5.74, 6) is -0.284. The second-order valence-corrected chi connectivity index (χ2v) is 24.6. The molecule has 17 atom stereocenters. The van der Waals surface area contributed by atoms with Gasteiger partial charge in [-0.25, -0.2) is 0 Å². The van der Waals surface area contributed by atoms with Gasteiger partial charge in [0.25, 0.3) is 0 Å². The van der Waals surface area contributed by atoms with E-state index in [1.807, 2.05) is 6.08 Å². The number of aliphatic hydroxyl groups excluding tert-OH is 11. The average Bonchev–Trinajstić information content (AvgIpc) is 1.96. The highest BCUT2D eigenvalue weighted by atomic mass is 16.8. The highest BCUT2D eigenvalue weighted by molar-refractivity contribution is 5.76. The van der Waals surface area contributed by atoms with Crippen molar-refractivity contribution >= 4 is 5.91 Å². The van der Waals surface area contributed by atoms with Crippen LogP contribution in [0.15, 0.2) is 36.5 Å². The molecule has 3 aliphatic heterocycles. The molecule has 19 heteroatoms. The van der Waals surface area contributed by atoms with Crippen LogP contribution in [0.3, 0.4) is 0 Å². The molecule has 0 radical (unpaired) electrons. The Bertz CT molecular complexity index is 1710. The van der Waals surface area contributed by atoms with Crippen LogP contribution in [-0.2, 0) is 33.2 Å². The van der Waals surface area contributed by atoms with Gasteiger partial charge in [0.05, 0.1) is 38.6 Å². The van der Waals surface area contributed by atoms with E-state index in [-0.39, 0.29) is 18.9 Å². The fourth-order valence-corrected chi connectivity index (χ4v) is 11.6. The number of amides is 1. The molecule has 0 bridgehead atoms. The first kappa shape index (κ1) is 78.3. The second-order valence-electron chi connectivity index (χ2n) is 24.6. The predicted molar refractivity (Wildman–Crippen MR) is 333 cm³/mol. The largest absolute Gasteiger partial charge is 0.394 e. The molecule has 19 nitrogen and oxygen atoms in total. The molecular formula is C67H123NO18. The normalized spacial score (nSPS) is 29.0. The van der Waals surface area contributed by atoms with Gasteiger partial charge in [0, 0.05) is 6.42 Å². The fraction of sp³-hybridized carbons (Fsp3) is 0.896. The van der Waals surface area contributed by atoms with Crippen LogP contribution in [0.1, 0.15) is 251 Å². The van der Waals surface area contributed by atoms with Gasteiger partial charge in [0.1, 0.15) is 73.2 Å². The zero-order valence-corrected chi connectivity index (χ0v) is 53.0. The van der Waals surface area contributed by atoms with Crippen molar-refractivity contribution in [1.82, 2.24) is 5.32 Å². The standard InChI is InChI=1S/C67H123NO18/c1-3-5-7-9-11-13-15-17-19-20-21-22-23-24-25-26-27-28-29-30-31-33-35-37-39-41-43-45-55(73)68-50(51(72)44-42-40-38-36-34-32-18-16-14-12-10-8-6-4-2)49-81-65-61(79)58(76)63(53(47-70)83-65)86-67-62(80)59(77)64(54(48-71)84-67)85-66-60(78)57(75)56(74)52(46-69)82-66/h20-21,34,36,42,44,50-54,56-67,69-72,74-80H,3-19,22-33,35,37-41,43,45-49H2,1-2H3,(H,68,73)/b21-20-,36-34+,44-42+. The van der Waals surface area contributed by atoms with Crippen molar-refractivity contribution in [1.29, 1.82) is 0 Å². The topological polar surface area (TPSA) is 307 Å². The molecule has 0 spiro atoms. The van der Waals surface area contributed by atoms with E-state index in [1.54, 1.807) is 6.08 Å². The molecule has 0 aliphatic carbocycles. The Morgan fingerprint density at radius 3 is 1.16 bits per heavy atom. The smallest absolute Gasteiger partial charge is 0.220 e. The molecule has 504 valence electrons. The zero-order chi connectivity index (χ0) is 62.6. The molecule has 0 saturated carbocycles. The lowest BCUT2D eigenvalue weighted by Gasteiger charge is -2.48. The van der Waals surface area contributed by atoms with E-state index < -0.39 is 124 Å². The number of carbonyl (C=O) groups is 1. The first-order valence-electron chi connectivity index (χ1n) is 34.2. The van der Waals surface area contributed by atoms with Crippen LogP contribution in [-0.4, -0.2) is 193 Å². The van der Waals surface area contributed by atoms with Gasteiger partial charge in [-0.2, -0.15) is 0 Å². The van der Waals surface area contributed by atoms with E-state index in [0.29, 0.717) is 12.8 Å². The van der Waals surface area contributed by atoms with Gasteiger partial charge in [0.15, 0.2) is 18.9 Å². The lowest BCUT2D eigenvalue weighted by atomic mass is 9.96. The number of rotatable bonds is 52. The Morgan fingerprint density at radius 2 is 0.744 bits per heavy atom. The van der Waals surface area contributed by atoms with Crippen LogP contribution >= 0.6 is 0 Å². The van der Waals surface area contributed by atoms with E-state index in [4.69, 9.17) is 28.4 Å². The molecule has 3 fully saturated rings. The Morgan fingerprint density at radius 1 is 0.407 bits per heavy atom. The minimum absolute atomic E-state index is 0.238. The van der Waals surface area contributed by atoms with Crippen molar-refractivity contribution in [2.75, 3.05) is 26.4 Å².